The van der Waals surface area contributed by atoms with Gasteiger partial charge in [-0.15, -0.1) is 0 Å². The molecule has 128 valence electrons. The third kappa shape index (κ3) is 2.93. The van der Waals surface area contributed by atoms with Gasteiger partial charge in [0.05, 0.1) is 11.2 Å². The van der Waals surface area contributed by atoms with E-state index in [1.807, 2.05) is 48.5 Å². The van der Waals surface area contributed by atoms with E-state index in [4.69, 9.17) is 11.6 Å². The summed E-state index contributed by atoms with van der Waals surface area (Å²) in [4.78, 5) is 18.3. The Morgan fingerprint density at radius 1 is 1.04 bits per heavy atom. The first-order chi connectivity index (χ1) is 12.6. The highest BCUT2D eigenvalue weighted by Gasteiger charge is 2.10. The van der Waals surface area contributed by atoms with E-state index < -0.39 is 0 Å². The number of H-pyrrole nitrogens is 1. The number of anilines is 1. The monoisotopic (exact) mass is 362 g/mol. The number of nitrogens with zero attached hydrogens (tertiary/aromatic N) is 2. The number of aryl methyl sites for hydroxylation is 1. The Kier molecular flexibility index (Phi) is 4.14. The van der Waals surface area contributed by atoms with E-state index in [1.54, 1.807) is 13.1 Å². The first-order valence-corrected chi connectivity index (χ1v) is 8.47. The third-order valence-corrected chi connectivity index (χ3v) is 4.55. The minimum atomic E-state index is -0.224. The molecule has 0 saturated heterocycles. The zero-order valence-corrected chi connectivity index (χ0v) is 14.7. The molecule has 3 aromatic carbocycles. The fourth-order valence-electron chi connectivity index (χ4n) is 3.04. The van der Waals surface area contributed by atoms with E-state index in [1.165, 1.54) is 6.07 Å². The molecular weight excluding hydrogens is 348 g/mol. The van der Waals surface area contributed by atoms with Crippen molar-refractivity contribution < 1.29 is 0 Å². The first kappa shape index (κ1) is 16.3. The molecule has 6 heteroatoms. The normalized spacial score (nSPS) is 11.5. The minimum Gasteiger partial charge on any atom is -0.291 e. The number of hydrazone groups is 1. The van der Waals surface area contributed by atoms with Crippen molar-refractivity contribution in [2.45, 2.75) is 6.92 Å². The molecule has 1 aromatic heterocycles. The molecule has 0 amide bonds. The van der Waals surface area contributed by atoms with Crippen molar-refractivity contribution in [3.8, 4) is 0 Å². The fourth-order valence-corrected chi connectivity index (χ4v) is 3.37. The largest absolute Gasteiger partial charge is 0.291 e. The van der Waals surface area contributed by atoms with Gasteiger partial charge in [0, 0.05) is 28.1 Å². The molecule has 0 fully saturated rings. The Hall–Kier alpha value is -3.18. The number of benzene rings is 3. The highest BCUT2D eigenvalue weighted by Crippen LogP contribution is 2.35. The van der Waals surface area contributed by atoms with Crippen molar-refractivity contribution in [3.63, 3.8) is 0 Å². The van der Waals surface area contributed by atoms with Crippen LogP contribution >= 0.6 is 11.6 Å². The maximum Gasteiger partial charge on any atom is 0.252 e. The topological polar surface area (TPSA) is 70.1 Å². The molecule has 26 heavy (non-hydrogen) atoms. The van der Waals surface area contributed by atoms with Crippen LogP contribution in [0.3, 0.4) is 0 Å². The van der Waals surface area contributed by atoms with Crippen LogP contribution in [0.25, 0.3) is 21.5 Å². The van der Waals surface area contributed by atoms with Gasteiger partial charge in [-0.25, -0.2) is 10.4 Å². The van der Waals surface area contributed by atoms with Crippen molar-refractivity contribution in [1.82, 2.24) is 9.97 Å². The molecule has 5 nitrogen and oxygen atoms in total. The van der Waals surface area contributed by atoms with Gasteiger partial charge in [-0.2, -0.15) is 5.10 Å². The van der Waals surface area contributed by atoms with Gasteiger partial charge in [0.25, 0.3) is 5.56 Å². The minimum absolute atomic E-state index is 0.224. The first-order valence-electron chi connectivity index (χ1n) is 8.09. The van der Waals surface area contributed by atoms with E-state index in [2.05, 4.69) is 20.5 Å². The molecule has 0 bridgehead atoms. The van der Waals surface area contributed by atoms with Gasteiger partial charge >= 0.3 is 0 Å². The van der Waals surface area contributed by atoms with Crippen molar-refractivity contribution >= 4 is 45.3 Å². The second kappa shape index (κ2) is 6.61. The predicted molar refractivity (Wildman–Crippen MR) is 107 cm³/mol. The van der Waals surface area contributed by atoms with Crippen molar-refractivity contribution in [2.75, 3.05) is 5.43 Å². The summed E-state index contributed by atoms with van der Waals surface area (Å²) in [6, 6.07) is 17.3. The van der Waals surface area contributed by atoms with Crippen LogP contribution in [0.2, 0.25) is 5.02 Å². The van der Waals surface area contributed by atoms with Gasteiger partial charge < -0.3 is 0 Å². The number of aromatic amines is 1. The van der Waals surface area contributed by atoms with Gasteiger partial charge in [-0.05, 0) is 17.7 Å². The Morgan fingerprint density at radius 2 is 1.62 bits per heavy atom. The molecule has 0 aliphatic rings. The average Bonchev–Trinajstić information content (AvgIpc) is 2.64. The molecule has 0 saturated carbocycles. The summed E-state index contributed by atoms with van der Waals surface area (Å²) >= 11 is 6.60. The number of nitrogens with one attached hydrogen (secondary N) is 2. The van der Waals surface area contributed by atoms with Crippen LogP contribution in [0, 0.1) is 6.92 Å². The molecule has 0 aliphatic carbocycles. The summed E-state index contributed by atoms with van der Waals surface area (Å²) in [5.41, 5.74) is 4.13. The molecule has 0 spiro atoms. The summed E-state index contributed by atoms with van der Waals surface area (Å²) < 4.78 is 0. The zero-order valence-electron chi connectivity index (χ0n) is 14.0. The molecular formula is C20H15ClN4O. The van der Waals surface area contributed by atoms with Crippen LogP contribution in [0.15, 0.2) is 64.5 Å². The smallest absolute Gasteiger partial charge is 0.252 e. The van der Waals surface area contributed by atoms with Crippen LogP contribution < -0.4 is 11.0 Å². The summed E-state index contributed by atoms with van der Waals surface area (Å²) in [5.74, 6) is 0.300. The standard InChI is InChI=1S/C20H15ClN4O/c1-12-10-18(26)24-20(23-12)25-22-11-17-13-6-2-4-8-15(13)19(21)16-9-5-3-7-14(16)17/h2-11H,1H3,(H2,23,24,25,26)/b22-11-. The van der Waals surface area contributed by atoms with Crippen molar-refractivity contribution in [1.29, 1.82) is 0 Å². The number of halogens is 1. The summed E-state index contributed by atoms with van der Waals surface area (Å²) in [5, 5.41) is 8.95. The van der Waals surface area contributed by atoms with Gasteiger partial charge in [0.15, 0.2) is 0 Å². The van der Waals surface area contributed by atoms with Crippen LogP contribution in [0.1, 0.15) is 11.3 Å². The lowest BCUT2D eigenvalue weighted by Gasteiger charge is -2.10. The molecule has 1 heterocycles. The molecule has 2 N–H and O–H groups in total. The Morgan fingerprint density at radius 3 is 2.19 bits per heavy atom. The maximum atomic E-state index is 11.5. The van der Waals surface area contributed by atoms with Gasteiger partial charge in [0.1, 0.15) is 0 Å². The highest BCUT2D eigenvalue weighted by molar-refractivity contribution is 6.42. The lowest BCUT2D eigenvalue weighted by atomic mass is 9.97. The van der Waals surface area contributed by atoms with E-state index in [0.717, 1.165) is 32.1 Å². The lowest BCUT2D eigenvalue weighted by Crippen LogP contribution is -2.10. The SMILES string of the molecule is Cc1cc(=O)[nH]c(N/N=C\c2c3ccccc3c(Cl)c3ccccc23)n1. The molecule has 0 atom stereocenters. The molecule has 4 aromatic rings. The summed E-state index contributed by atoms with van der Waals surface area (Å²) in [6.07, 6.45) is 1.73. The average molecular weight is 363 g/mol. The molecule has 0 aliphatic heterocycles. The summed E-state index contributed by atoms with van der Waals surface area (Å²) in [6.45, 7) is 1.75. The number of aromatic nitrogens is 2. The summed E-state index contributed by atoms with van der Waals surface area (Å²) in [7, 11) is 0. The molecule has 0 radical (unpaired) electrons. The van der Waals surface area contributed by atoms with Gasteiger partial charge in [-0.3, -0.25) is 9.78 Å². The van der Waals surface area contributed by atoms with E-state index in [0.29, 0.717) is 11.6 Å². The van der Waals surface area contributed by atoms with Crippen LogP contribution in [-0.2, 0) is 0 Å². The number of fused-ring (bicyclic) bond motifs is 2. The molecule has 4 rings (SSSR count). The van der Waals surface area contributed by atoms with Crippen LogP contribution in [-0.4, -0.2) is 16.2 Å². The van der Waals surface area contributed by atoms with Crippen LogP contribution in [0.5, 0.6) is 0 Å². The fraction of sp³-hybridized carbons (Fsp3) is 0.0500. The van der Waals surface area contributed by atoms with E-state index >= 15 is 0 Å². The van der Waals surface area contributed by atoms with Crippen molar-refractivity contribution in [2.24, 2.45) is 5.10 Å². The molecule has 0 unspecified atom stereocenters. The van der Waals surface area contributed by atoms with Crippen LogP contribution in [0.4, 0.5) is 5.95 Å². The predicted octanol–water partition coefficient (Wildman–Crippen LogP) is 4.48. The highest BCUT2D eigenvalue weighted by atomic mass is 35.5. The quantitative estimate of drug-likeness (QED) is 0.320. The Bertz CT molecular complexity index is 1160. The second-order valence-electron chi connectivity index (χ2n) is 5.92. The Labute approximate surface area is 154 Å². The van der Waals surface area contributed by atoms with Gasteiger partial charge in [0.2, 0.25) is 5.95 Å². The van der Waals surface area contributed by atoms with Crippen molar-refractivity contribution in [3.05, 3.63) is 81.2 Å². The zero-order chi connectivity index (χ0) is 18.1. The number of rotatable bonds is 3. The van der Waals surface area contributed by atoms with E-state index in [-0.39, 0.29) is 5.56 Å². The van der Waals surface area contributed by atoms with E-state index in [9.17, 15) is 4.79 Å². The Balaban J connectivity index is 1.84. The second-order valence-corrected chi connectivity index (χ2v) is 6.30. The number of hydrogen-bond acceptors (Lipinski definition) is 4. The van der Waals surface area contributed by atoms with Gasteiger partial charge in [-0.1, -0.05) is 60.1 Å². The lowest BCUT2D eigenvalue weighted by molar-refractivity contribution is 1.04. The number of hydrogen-bond donors (Lipinski definition) is 2. The third-order valence-electron chi connectivity index (χ3n) is 4.14. The maximum absolute atomic E-state index is 11.5.